The maximum atomic E-state index is 13.5. The number of halogens is 1. The number of likely N-dealkylation sites (tertiary alicyclic amines) is 1. The zero-order valence-corrected chi connectivity index (χ0v) is 20.9. The highest BCUT2D eigenvalue weighted by atomic mass is 35.5. The summed E-state index contributed by atoms with van der Waals surface area (Å²) in [6.45, 7) is 2.95. The number of ether oxygens (including phenoxy) is 1. The largest absolute Gasteiger partial charge is 0.365 e. The van der Waals surface area contributed by atoms with Crippen LogP contribution in [0.15, 0.2) is 36.4 Å². The molecule has 7 heteroatoms. The van der Waals surface area contributed by atoms with Gasteiger partial charge in [0, 0.05) is 51.4 Å². The molecule has 2 aliphatic heterocycles. The Morgan fingerprint density at radius 1 is 1.18 bits per heavy atom. The van der Waals surface area contributed by atoms with Gasteiger partial charge in [0.25, 0.3) is 0 Å². The van der Waals surface area contributed by atoms with E-state index in [2.05, 4.69) is 23.1 Å². The van der Waals surface area contributed by atoms with E-state index in [0.717, 1.165) is 37.1 Å². The molecule has 2 aliphatic rings. The lowest BCUT2D eigenvalue weighted by Gasteiger charge is -2.40. The van der Waals surface area contributed by atoms with E-state index in [1.54, 1.807) is 21.1 Å². The molecule has 1 spiro atoms. The van der Waals surface area contributed by atoms with Crippen LogP contribution in [0.25, 0.3) is 0 Å². The molecule has 180 valence electrons. The fourth-order valence-corrected chi connectivity index (χ4v) is 5.14. The average molecular weight is 482 g/mol. The Kier molecular flexibility index (Phi) is 7.47. The molecular weight excluding hydrogens is 450 g/mol. The third-order valence-electron chi connectivity index (χ3n) is 7.01. The van der Waals surface area contributed by atoms with Gasteiger partial charge in [-0.2, -0.15) is 0 Å². The van der Waals surface area contributed by atoms with Crippen molar-refractivity contribution < 1.29 is 14.3 Å². The van der Waals surface area contributed by atoms with Crippen LogP contribution in [0.3, 0.4) is 0 Å². The highest BCUT2D eigenvalue weighted by Gasteiger charge is 2.43. The van der Waals surface area contributed by atoms with Crippen molar-refractivity contribution in [3.63, 3.8) is 0 Å². The van der Waals surface area contributed by atoms with E-state index < -0.39 is 0 Å². The van der Waals surface area contributed by atoms with Gasteiger partial charge < -0.3 is 19.4 Å². The van der Waals surface area contributed by atoms with E-state index in [4.69, 9.17) is 16.3 Å². The summed E-state index contributed by atoms with van der Waals surface area (Å²) in [7, 11) is 5.10. The maximum absolute atomic E-state index is 13.5. The number of benzene rings is 1. The molecule has 0 saturated carbocycles. The first-order chi connectivity index (χ1) is 16.3. The normalized spacial score (nSPS) is 17.6. The molecule has 1 fully saturated rings. The number of hydrogen-bond acceptors (Lipinski definition) is 4. The van der Waals surface area contributed by atoms with Gasteiger partial charge in [-0.3, -0.25) is 9.59 Å². The molecular formula is C27H32ClN3O3. The van der Waals surface area contributed by atoms with Gasteiger partial charge in [0.15, 0.2) is 0 Å². The van der Waals surface area contributed by atoms with E-state index in [1.165, 1.54) is 15.4 Å². The van der Waals surface area contributed by atoms with Crippen molar-refractivity contribution in [3.05, 3.63) is 70.2 Å². The molecule has 2 aromatic rings. The topological polar surface area (TPSA) is 53.1 Å². The molecule has 0 aliphatic carbocycles. The summed E-state index contributed by atoms with van der Waals surface area (Å²) < 4.78 is 6.26. The fourth-order valence-electron chi connectivity index (χ4n) is 4.93. The van der Waals surface area contributed by atoms with Crippen LogP contribution in [0.2, 0.25) is 5.02 Å². The number of nitrogens with zero attached hydrogens (tertiary/aromatic N) is 3. The van der Waals surface area contributed by atoms with Gasteiger partial charge in [0.1, 0.15) is 5.60 Å². The van der Waals surface area contributed by atoms with E-state index in [0.29, 0.717) is 24.6 Å². The minimum Gasteiger partial charge on any atom is -0.365 e. The number of piperidine rings is 1. The predicted molar refractivity (Wildman–Crippen MR) is 131 cm³/mol. The Bertz CT molecular complexity index is 1030. The summed E-state index contributed by atoms with van der Waals surface area (Å²) >= 11 is 6.43. The molecule has 2 heterocycles. The van der Waals surface area contributed by atoms with Crippen LogP contribution in [0.5, 0.6) is 0 Å². The third-order valence-corrected chi connectivity index (χ3v) is 7.38. The zero-order valence-electron chi connectivity index (χ0n) is 20.1. The van der Waals surface area contributed by atoms with E-state index in [-0.39, 0.29) is 29.9 Å². The van der Waals surface area contributed by atoms with Gasteiger partial charge in [0.05, 0.1) is 19.1 Å². The summed E-state index contributed by atoms with van der Waals surface area (Å²) in [5.41, 5.74) is 2.99. The number of fused-ring (bicyclic) bond motifs is 2. The van der Waals surface area contributed by atoms with E-state index in [1.807, 2.05) is 30.3 Å². The quantitative estimate of drug-likeness (QED) is 0.609. The lowest BCUT2D eigenvalue weighted by molar-refractivity contribution is -0.141. The smallest absolute Gasteiger partial charge is 0.241 e. The zero-order chi connectivity index (χ0) is 24.3. The van der Waals surface area contributed by atoms with Crippen LogP contribution < -0.4 is 0 Å². The Labute approximate surface area is 207 Å². The second kappa shape index (κ2) is 10.4. The summed E-state index contributed by atoms with van der Waals surface area (Å²) in [5, 5.41) is 0.660. The first kappa shape index (κ1) is 24.5. The summed E-state index contributed by atoms with van der Waals surface area (Å²) in [5.74, 6) is -0.441. The molecule has 2 aromatic carbocycles. The van der Waals surface area contributed by atoms with E-state index in [9.17, 15) is 9.59 Å². The molecule has 1 unspecified atom stereocenters. The fraction of sp³-hybridized carbons (Fsp3) is 0.481. The minimum absolute atomic E-state index is 0.0409. The van der Waals surface area contributed by atoms with Crippen LogP contribution in [0.1, 0.15) is 29.5 Å². The Balaban J connectivity index is 1.46. The van der Waals surface area contributed by atoms with Crippen LogP contribution >= 0.6 is 11.6 Å². The summed E-state index contributed by atoms with van der Waals surface area (Å²) in [6, 6.07) is 18.0. The van der Waals surface area contributed by atoms with Crippen molar-refractivity contribution in [2.24, 2.45) is 5.92 Å². The van der Waals surface area contributed by atoms with Crippen LogP contribution in [0, 0.1) is 18.1 Å². The van der Waals surface area contributed by atoms with Gasteiger partial charge in [-0.25, -0.2) is 0 Å². The summed E-state index contributed by atoms with van der Waals surface area (Å²) in [6.07, 6.45) is 2.25. The van der Waals surface area contributed by atoms with Crippen molar-refractivity contribution in [1.82, 2.24) is 14.7 Å². The Morgan fingerprint density at radius 2 is 1.91 bits per heavy atom. The molecule has 0 aromatic heterocycles. The van der Waals surface area contributed by atoms with Crippen molar-refractivity contribution >= 4 is 23.4 Å². The van der Waals surface area contributed by atoms with Crippen molar-refractivity contribution in [1.29, 1.82) is 0 Å². The molecule has 1 saturated heterocycles. The lowest BCUT2D eigenvalue weighted by atomic mass is 9.84. The molecule has 2 amide bonds. The number of likely N-dealkylation sites (N-methyl/N-ethyl adjacent to an activating group) is 2. The van der Waals surface area contributed by atoms with Gasteiger partial charge in [-0.05, 0) is 48.6 Å². The van der Waals surface area contributed by atoms with Crippen molar-refractivity contribution in [2.45, 2.75) is 31.5 Å². The highest BCUT2D eigenvalue weighted by Crippen LogP contribution is 2.43. The SMILES string of the molecule is CN(C)C(=O)CN(C)C(=O)C(Cc1ccccc1Cl)CN1CCC2(CC1)OCc1ccc#cc12. The van der Waals surface area contributed by atoms with Crippen molar-refractivity contribution in [3.8, 4) is 0 Å². The standard InChI is InChI=1S/C27H32ClN3O3/c1-29(2)25(32)18-30(3)26(33)22(16-20-8-5-7-11-24(20)28)17-31-14-12-27(13-15-31)23-10-6-4-9-21(23)19-34-27/h4-5,7-9,11,22H,12-19H2,1-3H3. The van der Waals surface area contributed by atoms with Crippen LogP contribution in [-0.4, -0.2) is 73.8 Å². The molecule has 0 radical (unpaired) electrons. The number of carbonyl (C=O) groups excluding carboxylic acids is 2. The molecule has 34 heavy (non-hydrogen) atoms. The lowest BCUT2D eigenvalue weighted by Crippen LogP contribution is -2.48. The molecule has 6 nitrogen and oxygen atoms in total. The third kappa shape index (κ3) is 5.22. The average Bonchev–Trinajstić information content (AvgIpc) is 3.19. The second-order valence-corrected chi connectivity index (χ2v) is 9.97. The number of hydrogen-bond donors (Lipinski definition) is 0. The molecule has 0 N–H and O–H groups in total. The number of amides is 2. The van der Waals surface area contributed by atoms with Crippen LogP contribution in [-0.2, 0) is 33.0 Å². The van der Waals surface area contributed by atoms with Crippen LogP contribution in [0.4, 0.5) is 0 Å². The van der Waals surface area contributed by atoms with Gasteiger partial charge in [0.2, 0.25) is 11.8 Å². The first-order valence-corrected chi connectivity index (χ1v) is 12.1. The number of carbonyl (C=O) groups is 2. The predicted octanol–water partition coefficient (Wildman–Crippen LogP) is 3.17. The molecule has 0 bridgehead atoms. The van der Waals surface area contributed by atoms with Gasteiger partial charge >= 0.3 is 0 Å². The van der Waals surface area contributed by atoms with Gasteiger partial charge in [-0.15, -0.1) is 0 Å². The highest BCUT2D eigenvalue weighted by molar-refractivity contribution is 6.31. The minimum atomic E-state index is -0.300. The Hall–Kier alpha value is -2.59. The monoisotopic (exact) mass is 481 g/mol. The second-order valence-electron chi connectivity index (χ2n) is 9.56. The molecule has 1 atom stereocenters. The molecule has 4 rings (SSSR count). The Morgan fingerprint density at radius 3 is 2.62 bits per heavy atom. The first-order valence-electron chi connectivity index (χ1n) is 11.8. The van der Waals surface area contributed by atoms with E-state index >= 15 is 0 Å². The maximum Gasteiger partial charge on any atom is 0.241 e. The number of rotatable bonds is 7. The van der Waals surface area contributed by atoms with Crippen molar-refractivity contribution in [2.75, 3.05) is 47.3 Å². The summed E-state index contributed by atoms with van der Waals surface area (Å²) in [4.78, 5) is 31.0. The van der Waals surface area contributed by atoms with Gasteiger partial charge in [-0.1, -0.05) is 41.9 Å².